The number of carbonyl (C=O) groups is 2. The highest BCUT2D eigenvalue weighted by molar-refractivity contribution is 7.14. The van der Waals surface area contributed by atoms with E-state index in [1.807, 2.05) is 0 Å². The average molecular weight is 429 g/mol. The Balaban J connectivity index is 1.70. The van der Waals surface area contributed by atoms with Gasteiger partial charge in [0.2, 0.25) is 0 Å². The second kappa shape index (κ2) is 7.57. The number of aromatic carboxylic acids is 1. The molecule has 0 aliphatic heterocycles. The van der Waals surface area contributed by atoms with Gasteiger partial charge in [0.1, 0.15) is 16.8 Å². The third kappa shape index (κ3) is 3.55. The van der Waals surface area contributed by atoms with Crippen molar-refractivity contribution in [1.29, 1.82) is 0 Å². The molecule has 0 bridgehead atoms. The summed E-state index contributed by atoms with van der Waals surface area (Å²) in [6.07, 6.45) is 0. The lowest BCUT2D eigenvalue weighted by atomic mass is 10.1. The summed E-state index contributed by atoms with van der Waals surface area (Å²) in [7, 11) is 1.51. The van der Waals surface area contributed by atoms with Crippen molar-refractivity contribution in [3.63, 3.8) is 0 Å². The van der Waals surface area contributed by atoms with Gasteiger partial charge < -0.3 is 19.6 Å². The maximum atomic E-state index is 12.6. The van der Waals surface area contributed by atoms with E-state index in [1.54, 1.807) is 47.8 Å². The van der Waals surface area contributed by atoms with E-state index >= 15 is 0 Å². The molecule has 7 nitrogen and oxygen atoms in total. The van der Waals surface area contributed by atoms with Gasteiger partial charge in [0.25, 0.3) is 5.89 Å². The number of rotatable bonds is 5. The summed E-state index contributed by atoms with van der Waals surface area (Å²) in [5.74, 6) is -1.44. The SMILES string of the molecule is COc1ccc(-c2scc(NC(=O)c3nc4ccccc4o3)c2C(=O)O)c(Cl)c1. The van der Waals surface area contributed by atoms with Crippen molar-refractivity contribution in [2.24, 2.45) is 0 Å². The fourth-order valence-electron chi connectivity index (χ4n) is 2.81. The van der Waals surface area contributed by atoms with Crippen molar-refractivity contribution in [2.75, 3.05) is 12.4 Å². The van der Waals surface area contributed by atoms with Crippen LogP contribution in [0.1, 0.15) is 21.0 Å². The maximum Gasteiger partial charge on any atom is 0.339 e. The quantitative estimate of drug-likeness (QED) is 0.454. The van der Waals surface area contributed by atoms with Crippen LogP contribution in [0.3, 0.4) is 0 Å². The molecule has 0 spiro atoms. The fraction of sp³-hybridized carbons (Fsp3) is 0.0500. The standard InChI is InChI=1S/C20H13ClN2O5S/c1-27-10-6-7-11(12(21)8-10)17-16(20(25)26)14(9-29-17)22-18(24)19-23-13-4-2-3-5-15(13)28-19/h2-9H,1H3,(H,22,24)(H,25,26). The molecule has 0 unspecified atom stereocenters. The normalized spacial score (nSPS) is 10.8. The van der Waals surface area contributed by atoms with E-state index in [0.717, 1.165) is 11.3 Å². The number of fused-ring (bicyclic) bond motifs is 1. The van der Waals surface area contributed by atoms with Gasteiger partial charge in [-0.1, -0.05) is 23.7 Å². The summed E-state index contributed by atoms with van der Waals surface area (Å²) in [4.78, 5) is 29.0. The highest BCUT2D eigenvalue weighted by atomic mass is 35.5. The van der Waals surface area contributed by atoms with Crippen molar-refractivity contribution in [2.45, 2.75) is 0 Å². The Labute approximate surface area is 173 Å². The predicted octanol–water partition coefficient (Wildman–Crippen LogP) is 5.17. The predicted molar refractivity (Wildman–Crippen MR) is 110 cm³/mol. The van der Waals surface area contributed by atoms with Gasteiger partial charge in [-0.05, 0) is 30.3 Å². The van der Waals surface area contributed by atoms with Crippen molar-refractivity contribution >= 4 is 51.6 Å². The molecule has 29 heavy (non-hydrogen) atoms. The minimum absolute atomic E-state index is 0.0634. The zero-order valence-electron chi connectivity index (χ0n) is 14.9. The monoisotopic (exact) mass is 428 g/mol. The number of hydrogen-bond acceptors (Lipinski definition) is 6. The van der Waals surface area contributed by atoms with Gasteiger partial charge in [0, 0.05) is 10.9 Å². The Kier molecular flexibility index (Phi) is 4.96. The molecule has 0 atom stereocenters. The number of carbonyl (C=O) groups excluding carboxylic acids is 1. The lowest BCUT2D eigenvalue weighted by Gasteiger charge is -2.07. The minimum Gasteiger partial charge on any atom is -0.497 e. The van der Waals surface area contributed by atoms with Gasteiger partial charge in [-0.25, -0.2) is 9.78 Å². The molecular formula is C20H13ClN2O5S. The number of halogens is 1. The molecule has 1 amide bonds. The van der Waals surface area contributed by atoms with Gasteiger partial charge in [-0.15, -0.1) is 11.3 Å². The number of para-hydroxylation sites is 2. The molecule has 146 valence electrons. The van der Waals surface area contributed by atoms with Crippen LogP contribution in [0, 0.1) is 0 Å². The first-order chi connectivity index (χ1) is 14.0. The van der Waals surface area contributed by atoms with Crippen molar-refractivity contribution < 1.29 is 23.8 Å². The summed E-state index contributed by atoms with van der Waals surface area (Å²) in [5, 5.41) is 14.2. The highest BCUT2D eigenvalue weighted by Crippen LogP contribution is 2.40. The first-order valence-electron chi connectivity index (χ1n) is 8.33. The van der Waals surface area contributed by atoms with Gasteiger partial charge in [0.05, 0.1) is 22.7 Å². The summed E-state index contributed by atoms with van der Waals surface area (Å²) < 4.78 is 10.6. The molecular weight excluding hydrogens is 416 g/mol. The molecule has 9 heteroatoms. The molecule has 0 fully saturated rings. The molecule has 2 N–H and O–H groups in total. The van der Waals surface area contributed by atoms with E-state index in [4.69, 9.17) is 20.8 Å². The van der Waals surface area contributed by atoms with E-state index in [1.165, 1.54) is 7.11 Å². The second-order valence-corrected chi connectivity index (χ2v) is 7.23. The van der Waals surface area contributed by atoms with Gasteiger partial charge >= 0.3 is 11.9 Å². The maximum absolute atomic E-state index is 12.6. The van der Waals surface area contributed by atoms with Crippen LogP contribution in [0.2, 0.25) is 5.02 Å². The number of carboxylic acid groups (broad SMARTS) is 1. The Hall–Kier alpha value is -3.36. The third-order valence-electron chi connectivity index (χ3n) is 4.16. The fourth-order valence-corrected chi connectivity index (χ4v) is 4.17. The molecule has 4 rings (SSSR count). The molecule has 4 aromatic rings. The molecule has 2 heterocycles. The van der Waals surface area contributed by atoms with E-state index in [9.17, 15) is 14.7 Å². The molecule has 2 aromatic carbocycles. The molecule has 2 aromatic heterocycles. The van der Waals surface area contributed by atoms with Gasteiger partial charge in [0.15, 0.2) is 5.58 Å². The summed E-state index contributed by atoms with van der Waals surface area (Å²) >= 11 is 7.45. The van der Waals surface area contributed by atoms with Crippen molar-refractivity contribution in [3.8, 4) is 16.2 Å². The molecule has 0 saturated carbocycles. The average Bonchev–Trinajstić information content (AvgIpc) is 3.32. The Morgan fingerprint density at radius 1 is 1.24 bits per heavy atom. The first kappa shape index (κ1) is 19.0. The first-order valence-corrected chi connectivity index (χ1v) is 9.59. The van der Waals surface area contributed by atoms with Crippen LogP contribution in [-0.2, 0) is 0 Å². The number of oxazole rings is 1. The molecule has 0 aliphatic carbocycles. The van der Waals surface area contributed by atoms with Gasteiger partial charge in [-0.3, -0.25) is 4.79 Å². The van der Waals surface area contributed by atoms with Gasteiger partial charge in [-0.2, -0.15) is 0 Å². The topological polar surface area (TPSA) is 102 Å². The van der Waals surface area contributed by atoms with Crippen LogP contribution in [0.15, 0.2) is 52.3 Å². The number of anilines is 1. The van der Waals surface area contributed by atoms with Crippen LogP contribution >= 0.6 is 22.9 Å². The summed E-state index contributed by atoms with van der Waals surface area (Å²) in [6, 6.07) is 11.9. The van der Waals surface area contributed by atoms with Crippen LogP contribution in [0.25, 0.3) is 21.5 Å². The number of methoxy groups -OCH3 is 1. The van der Waals surface area contributed by atoms with Crippen molar-refractivity contribution in [1.82, 2.24) is 4.98 Å². The second-order valence-electron chi connectivity index (χ2n) is 5.95. The number of amides is 1. The number of ether oxygens (including phenoxy) is 1. The van der Waals surface area contributed by atoms with Crippen LogP contribution in [0.4, 0.5) is 5.69 Å². The van der Waals surface area contributed by atoms with Crippen molar-refractivity contribution in [3.05, 3.63) is 64.3 Å². The molecule has 0 saturated heterocycles. The summed E-state index contributed by atoms with van der Waals surface area (Å²) in [5.41, 5.74) is 1.60. The number of nitrogens with zero attached hydrogens (tertiary/aromatic N) is 1. The number of thiophene rings is 1. The lowest BCUT2D eigenvalue weighted by molar-refractivity contribution is 0.0699. The van der Waals surface area contributed by atoms with Crippen LogP contribution in [0.5, 0.6) is 5.75 Å². The largest absolute Gasteiger partial charge is 0.497 e. The Morgan fingerprint density at radius 3 is 2.72 bits per heavy atom. The number of nitrogens with one attached hydrogen (secondary N) is 1. The van der Waals surface area contributed by atoms with E-state index < -0.39 is 11.9 Å². The summed E-state index contributed by atoms with van der Waals surface area (Å²) in [6.45, 7) is 0. The zero-order chi connectivity index (χ0) is 20.5. The minimum atomic E-state index is -1.19. The smallest absolute Gasteiger partial charge is 0.339 e. The highest BCUT2D eigenvalue weighted by Gasteiger charge is 2.24. The number of hydrogen-bond donors (Lipinski definition) is 2. The molecule has 0 aliphatic rings. The van der Waals surface area contributed by atoms with E-state index in [0.29, 0.717) is 32.3 Å². The van der Waals surface area contributed by atoms with Crippen LogP contribution < -0.4 is 10.1 Å². The Bertz CT molecular complexity index is 1210. The van der Waals surface area contributed by atoms with E-state index in [2.05, 4.69) is 10.3 Å². The number of benzene rings is 2. The Morgan fingerprint density at radius 2 is 2.03 bits per heavy atom. The lowest BCUT2D eigenvalue weighted by Crippen LogP contribution is -2.14. The molecule has 0 radical (unpaired) electrons. The number of carboxylic acids is 1. The zero-order valence-corrected chi connectivity index (χ0v) is 16.5. The van der Waals surface area contributed by atoms with Crippen LogP contribution in [-0.4, -0.2) is 29.1 Å². The number of aromatic nitrogens is 1. The van der Waals surface area contributed by atoms with E-state index in [-0.39, 0.29) is 17.1 Å². The third-order valence-corrected chi connectivity index (χ3v) is 5.49.